The summed E-state index contributed by atoms with van der Waals surface area (Å²) >= 11 is 0. The minimum Gasteiger partial charge on any atom is -0.484 e. The van der Waals surface area contributed by atoms with Gasteiger partial charge in [0.05, 0.1) is 37.7 Å². The number of pyridine rings is 1. The van der Waals surface area contributed by atoms with Crippen molar-refractivity contribution in [3.63, 3.8) is 0 Å². The van der Waals surface area contributed by atoms with E-state index < -0.39 is 0 Å². The SMILES string of the molecule is CC(C)(C)c1cc(NC(=O)N[C@H]2CC[C@@H](Oc3ccc4nnc(C(C)(C)C)n4c3)c3ccccc32)nc(CN(CCO)CCO)n1. The highest BCUT2D eigenvalue weighted by atomic mass is 16.5. The van der Waals surface area contributed by atoms with Gasteiger partial charge in [-0.2, -0.15) is 0 Å². The van der Waals surface area contributed by atoms with Crippen LogP contribution >= 0.6 is 0 Å². The van der Waals surface area contributed by atoms with Gasteiger partial charge in [-0.1, -0.05) is 65.8 Å². The molecule has 0 unspecified atom stereocenters. The van der Waals surface area contributed by atoms with Crippen LogP contribution in [0.25, 0.3) is 5.65 Å². The molecule has 4 N–H and O–H groups in total. The second kappa shape index (κ2) is 13.7. The second-order valence-corrected chi connectivity index (χ2v) is 13.9. The Morgan fingerprint density at radius 1 is 0.957 bits per heavy atom. The Morgan fingerprint density at radius 2 is 1.67 bits per heavy atom. The Hall–Kier alpha value is -4.13. The lowest BCUT2D eigenvalue weighted by atomic mass is 9.85. The van der Waals surface area contributed by atoms with Gasteiger partial charge in [-0.05, 0) is 36.1 Å². The molecule has 0 spiro atoms. The number of nitrogens with zero attached hydrogens (tertiary/aromatic N) is 6. The number of fused-ring (bicyclic) bond motifs is 2. The number of urea groups is 1. The number of nitrogens with one attached hydrogen (secondary N) is 2. The zero-order valence-electron chi connectivity index (χ0n) is 27.6. The van der Waals surface area contributed by atoms with E-state index in [1.165, 1.54) is 0 Å². The maximum Gasteiger partial charge on any atom is 0.320 e. The summed E-state index contributed by atoms with van der Waals surface area (Å²) in [5.74, 6) is 2.49. The van der Waals surface area contributed by atoms with Gasteiger partial charge in [0.15, 0.2) is 5.65 Å². The molecule has 3 heterocycles. The van der Waals surface area contributed by atoms with Gasteiger partial charge in [0.25, 0.3) is 0 Å². The summed E-state index contributed by atoms with van der Waals surface area (Å²) in [6.07, 6.45) is 3.18. The molecule has 0 saturated carbocycles. The number of aromatic nitrogens is 5. The number of rotatable bonds is 10. The number of anilines is 1. The van der Waals surface area contributed by atoms with Crippen molar-refractivity contribution in [1.82, 2.24) is 34.8 Å². The van der Waals surface area contributed by atoms with Crippen LogP contribution in [0.3, 0.4) is 0 Å². The zero-order chi connectivity index (χ0) is 33.1. The van der Waals surface area contributed by atoms with Gasteiger partial charge in [-0.15, -0.1) is 10.2 Å². The zero-order valence-corrected chi connectivity index (χ0v) is 27.6. The molecule has 4 aromatic rings. The number of amides is 2. The average molecular weight is 631 g/mol. The molecule has 2 amide bonds. The third-order valence-electron chi connectivity index (χ3n) is 8.05. The summed E-state index contributed by atoms with van der Waals surface area (Å²) in [7, 11) is 0. The van der Waals surface area contributed by atoms with Crippen LogP contribution in [-0.4, -0.2) is 72.0 Å². The maximum absolute atomic E-state index is 13.4. The van der Waals surface area contributed by atoms with E-state index in [0.29, 0.717) is 44.1 Å². The van der Waals surface area contributed by atoms with Gasteiger partial charge in [-0.25, -0.2) is 14.8 Å². The molecule has 5 rings (SSSR count). The average Bonchev–Trinajstić information content (AvgIpc) is 3.42. The first kappa shape index (κ1) is 33.2. The van der Waals surface area contributed by atoms with E-state index >= 15 is 0 Å². The molecule has 12 heteroatoms. The Morgan fingerprint density at radius 3 is 2.35 bits per heavy atom. The van der Waals surface area contributed by atoms with Gasteiger partial charge in [0.1, 0.15) is 29.3 Å². The number of carbonyl (C=O) groups excluding carboxylic acids is 1. The van der Waals surface area contributed by atoms with Crippen LogP contribution in [-0.2, 0) is 17.4 Å². The van der Waals surface area contributed by atoms with E-state index in [-0.39, 0.29) is 42.2 Å². The first-order chi connectivity index (χ1) is 21.9. The number of aliphatic hydroxyl groups is 2. The number of benzene rings is 1. The van der Waals surface area contributed by atoms with Crippen LogP contribution in [0.1, 0.15) is 95.0 Å². The van der Waals surface area contributed by atoms with Gasteiger partial charge in [0.2, 0.25) is 0 Å². The molecule has 1 aromatic carbocycles. The van der Waals surface area contributed by atoms with E-state index in [2.05, 4.69) is 52.7 Å². The molecule has 0 aliphatic heterocycles. The smallest absolute Gasteiger partial charge is 0.320 e. The van der Waals surface area contributed by atoms with Crippen molar-refractivity contribution in [3.05, 3.63) is 77.1 Å². The molecule has 12 nitrogen and oxygen atoms in total. The summed E-state index contributed by atoms with van der Waals surface area (Å²) < 4.78 is 8.53. The van der Waals surface area contributed by atoms with Crippen molar-refractivity contribution in [2.24, 2.45) is 0 Å². The highest BCUT2D eigenvalue weighted by molar-refractivity contribution is 5.88. The molecule has 246 valence electrons. The molecule has 0 fully saturated rings. The van der Waals surface area contributed by atoms with Crippen LogP contribution in [0.15, 0.2) is 48.7 Å². The molecule has 46 heavy (non-hydrogen) atoms. The standard InChI is InChI=1S/C34H46N8O4/c1-33(2,3)27-19-28(37-29(36-27)21-41(15-17-43)16-18-44)38-32(45)35-25-12-13-26(24-10-8-7-9-23(24)25)46-22-11-14-30-39-40-31(34(4,5)6)42(30)20-22/h7-11,14,19-20,25-26,43-44H,12-13,15-18,21H2,1-6H3,(H2,35,36,37,38,45)/t25-,26+/m0/s1. The summed E-state index contributed by atoms with van der Waals surface area (Å²) in [6, 6.07) is 13.1. The minimum atomic E-state index is -0.362. The van der Waals surface area contributed by atoms with Gasteiger partial charge < -0.3 is 20.3 Å². The van der Waals surface area contributed by atoms with Crippen LogP contribution < -0.4 is 15.4 Å². The topological polar surface area (TPSA) is 150 Å². The molecule has 0 bridgehead atoms. The number of ether oxygens (including phenoxy) is 1. The Bertz CT molecular complexity index is 1650. The maximum atomic E-state index is 13.4. The van der Waals surface area contributed by atoms with Gasteiger partial charge in [0, 0.05) is 30.0 Å². The lowest BCUT2D eigenvalue weighted by Crippen LogP contribution is -2.36. The highest BCUT2D eigenvalue weighted by Crippen LogP contribution is 2.39. The molecule has 1 aliphatic carbocycles. The van der Waals surface area contributed by atoms with E-state index in [1.54, 1.807) is 6.07 Å². The monoisotopic (exact) mass is 630 g/mol. The summed E-state index contributed by atoms with van der Waals surface area (Å²) in [4.78, 5) is 24.6. The van der Waals surface area contributed by atoms with Gasteiger partial charge in [-0.3, -0.25) is 14.6 Å². The Kier molecular flexibility index (Phi) is 9.90. The second-order valence-electron chi connectivity index (χ2n) is 13.9. The van der Waals surface area contributed by atoms with Crippen molar-refractivity contribution in [1.29, 1.82) is 0 Å². The lowest BCUT2D eigenvalue weighted by molar-refractivity contribution is 0.153. The molecule has 0 radical (unpaired) electrons. The summed E-state index contributed by atoms with van der Waals surface area (Å²) in [5, 5.41) is 33.7. The fraction of sp³-hybridized carbons (Fsp3) is 0.500. The fourth-order valence-electron chi connectivity index (χ4n) is 5.72. The fourth-order valence-corrected chi connectivity index (χ4v) is 5.72. The molecular formula is C34H46N8O4. The molecular weight excluding hydrogens is 584 g/mol. The summed E-state index contributed by atoms with van der Waals surface area (Å²) in [5.41, 5.74) is 3.14. The minimum absolute atomic E-state index is 0.0450. The predicted molar refractivity (Wildman–Crippen MR) is 176 cm³/mol. The normalized spacial score (nSPS) is 16.8. The first-order valence-corrected chi connectivity index (χ1v) is 15.9. The number of hydrogen-bond acceptors (Lipinski definition) is 9. The van der Waals surface area contributed by atoms with Crippen LogP contribution in [0.2, 0.25) is 0 Å². The van der Waals surface area contributed by atoms with E-state index in [9.17, 15) is 15.0 Å². The van der Waals surface area contributed by atoms with Crippen LogP contribution in [0, 0.1) is 0 Å². The first-order valence-electron chi connectivity index (χ1n) is 15.9. The third kappa shape index (κ3) is 7.80. The predicted octanol–water partition coefficient (Wildman–Crippen LogP) is 4.68. The number of hydrogen-bond donors (Lipinski definition) is 4. The molecule has 2 atom stereocenters. The molecule has 3 aromatic heterocycles. The van der Waals surface area contributed by atoms with E-state index in [0.717, 1.165) is 34.0 Å². The lowest BCUT2D eigenvalue weighted by Gasteiger charge is -2.32. The largest absolute Gasteiger partial charge is 0.484 e. The van der Waals surface area contributed by atoms with E-state index in [4.69, 9.17) is 9.72 Å². The van der Waals surface area contributed by atoms with Crippen molar-refractivity contribution in [2.45, 2.75) is 83.9 Å². The Labute approximate surface area is 270 Å². The van der Waals surface area contributed by atoms with Crippen LogP contribution in [0.5, 0.6) is 5.75 Å². The van der Waals surface area contributed by atoms with Crippen molar-refractivity contribution in [2.75, 3.05) is 31.6 Å². The van der Waals surface area contributed by atoms with E-state index in [1.807, 2.05) is 66.6 Å². The molecule has 1 aliphatic rings. The number of carbonyl (C=O) groups is 1. The van der Waals surface area contributed by atoms with Gasteiger partial charge >= 0.3 is 6.03 Å². The summed E-state index contributed by atoms with van der Waals surface area (Å²) in [6.45, 7) is 13.5. The van der Waals surface area contributed by atoms with Crippen molar-refractivity contribution < 1.29 is 19.7 Å². The number of aliphatic hydroxyl groups excluding tert-OH is 2. The van der Waals surface area contributed by atoms with Crippen LogP contribution in [0.4, 0.5) is 10.6 Å². The molecule has 0 saturated heterocycles. The van der Waals surface area contributed by atoms with Crippen molar-refractivity contribution in [3.8, 4) is 5.75 Å². The quantitative estimate of drug-likeness (QED) is 0.196. The third-order valence-corrected chi connectivity index (χ3v) is 8.05. The Balaban J connectivity index is 1.32. The highest BCUT2D eigenvalue weighted by Gasteiger charge is 2.30. The van der Waals surface area contributed by atoms with Crippen molar-refractivity contribution >= 4 is 17.5 Å².